The third-order valence-electron chi connectivity index (χ3n) is 13.1. The van der Waals surface area contributed by atoms with E-state index in [4.69, 9.17) is 12.8 Å². The van der Waals surface area contributed by atoms with E-state index in [0.717, 1.165) is 11.1 Å². The van der Waals surface area contributed by atoms with Crippen molar-refractivity contribution in [1.29, 1.82) is 0 Å². The molecule has 0 N–H and O–H groups in total. The summed E-state index contributed by atoms with van der Waals surface area (Å²) < 4.78 is 0. The molecule has 0 aromatic heterocycles. The van der Waals surface area contributed by atoms with Gasteiger partial charge in [-0.25, -0.2) is 0 Å². The van der Waals surface area contributed by atoms with Crippen molar-refractivity contribution in [1.82, 2.24) is 0 Å². The predicted molar refractivity (Wildman–Crippen MR) is 311 cm³/mol. The Hall–Kier alpha value is -0.892. The third-order valence-corrected chi connectivity index (χ3v) is 19.5. The topological polar surface area (TPSA) is 0 Å². The van der Waals surface area contributed by atoms with E-state index in [2.05, 4.69) is 53.4 Å². The third kappa shape index (κ3) is 57.6. The van der Waals surface area contributed by atoms with Crippen LogP contribution < -0.4 is 0 Å². The van der Waals surface area contributed by atoms with Crippen LogP contribution in [0.25, 0.3) is 0 Å². The van der Waals surface area contributed by atoms with Gasteiger partial charge in [-0.1, -0.05) is 244 Å². The standard InChI is InChI=1S/2C24H51P.2C8H5.Pt/c2*1-4-7-10-13-16-19-22-25(23-20-17-14-11-8-5-2)24-21-18-15-12-9-6-3;2*1-2-8-6-4-3-5-7-8;/h2*4-24H2,1-3H3;2*3-7H;/p+2. The van der Waals surface area contributed by atoms with Crippen molar-refractivity contribution < 1.29 is 21.1 Å². The van der Waals surface area contributed by atoms with Crippen LogP contribution in [-0.2, 0) is 21.1 Å². The molecule has 0 amide bonds. The van der Waals surface area contributed by atoms with E-state index in [9.17, 15) is 0 Å². The monoisotopic (exact) mass is 1140 g/mol. The Bertz CT molecular complexity index is 1060. The number of rotatable bonds is 42. The molecule has 2 radical (unpaired) electrons. The molecule has 0 fully saturated rings. The smallest absolute Gasteiger partial charge is 0.0571 e. The van der Waals surface area contributed by atoms with Gasteiger partial charge in [0.2, 0.25) is 0 Å². The van der Waals surface area contributed by atoms with Crippen molar-refractivity contribution in [2.45, 2.75) is 273 Å². The molecular weight excluding hydrogens is 1030 g/mol. The van der Waals surface area contributed by atoms with Crippen molar-refractivity contribution >= 4 is 15.8 Å². The average Bonchev–Trinajstić information content (AvgIpc) is 3.36. The Labute approximate surface area is 440 Å². The van der Waals surface area contributed by atoms with Crippen molar-refractivity contribution in [3.8, 4) is 11.8 Å². The first-order valence-electron chi connectivity index (χ1n) is 29.2. The Morgan fingerprint density at radius 3 is 0.582 bits per heavy atom. The maximum atomic E-state index is 6.69. The molecule has 0 saturated heterocycles. The van der Waals surface area contributed by atoms with E-state index in [1.807, 2.05) is 60.7 Å². The molecule has 0 spiro atoms. The van der Waals surface area contributed by atoms with E-state index in [-0.39, 0.29) is 36.9 Å². The first kappa shape index (κ1) is 70.4. The van der Waals surface area contributed by atoms with Crippen LogP contribution in [0.4, 0.5) is 0 Å². The summed E-state index contributed by atoms with van der Waals surface area (Å²) in [6, 6.07) is 18.7. The fourth-order valence-electron chi connectivity index (χ4n) is 8.72. The van der Waals surface area contributed by atoms with E-state index in [0.29, 0.717) is 0 Å². The number of benzene rings is 2. The predicted octanol–water partition coefficient (Wildman–Crippen LogP) is 21.8. The Balaban J connectivity index is -0.000000905. The molecule has 2 aromatic carbocycles. The molecule has 0 atom stereocenters. The zero-order chi connectivity index (χ0) is 48.5. The summed E-state index contributed by atoms with van der Waals surface area (Å²) in [5.74, 6) is 4.55. The molecule has 0 aliphatic rings. The second kappa shape index (κ2) is 63.1. The molecule has 0 nitrogen and oxygen atoms in total. The van der Waals surface area contributed by atoms with Crippen LogP contribution in [0.3, 0.4) is 0 Å². The molecular formula is C64H114P2Pt+2. The average molecular weight is 1140 g/mol. The summed E-state index contributed by atoms with van der Waals surface area (Å²) in [4.78, 5) is 0. The zero-order valence-corrected chi connectivity index (χ0v) is 50.1. The molecule has 0 heterocycles. The summed E-state index contributed by atoms with van der Waals surface area (Å²) in [6.07, 6.45) is 76.4. The Morgan fingerprint density at radius 1 is 0.269 bits per heavy atom. The fourth-order valence-corrected chi connectivity index (χ4v) is 14.7. The number of hydrogen-bond donors (Lipinski definition) is 0. The van der Waals surface area contributed by atoms with E-state index in [1.54, 1.807) is 75.5 Å². The minimum absolute atomic E-state index is 0. The van der Waals surface area contributed by atoms with E-state index < -0.39 is 0 Å². The van der Waals surface area contributed by atoms with Gasteiger partial charge in [0.25, 0.3) is 0 Å². The molecule has 0 aliphatic carbocycles. The quantitative estimate of drug-likeness (QED) is 0.0353. The van der Waals surface area contributed by atoms with Gasteiger partial charge in [0, 0.05) is 48.0 Å². The van der Waals surface area contributed by atoms with Gasteiger partial charge in [-0.15, -0.1) is 0 Å². The van der Waals surface area contributed by atoms with Crippen molar-refractivity contribution in [2.24, 2.45) is 0 Å². The largest absolute Gasteiger partial charge is 0.0654 e. The van der Waals surface area contributed by atoms with Gasteiger partial charge in [0.15, 0.2) is 0 Å². The SMILES string of the molecule is CCCCCCCC[PH+](CCCCCCCC)CCCCCCCC.CCCCCCCC[PH+](CCCCCCCC)CCCCCCCC.[C]#Cc1ccccc1.[C]#Cc1ccccc1.[Pt]. The summed E-state index contributed by atoms with van der Waals surface area (Å²) in [6.45, 7) is 13.9. The second-order valence-electron chi connectivity index (χ2n) is 19.6. The van der Waals surface area contributed by atoms with E-state index >= 15 is 0 Å². The number of hydrogen-bond acceptors (Lipinski definition) is 0. The van der Waals surface area contributed by atoms with Crippen LogP contribution in [0.15, 0.2) is 60.7 Å². The van der Waals surface area contributed by atoms with Crippen LogP contribution in [0, 0.1) is 24.7 Å². The molecule has 0 aliphatic heterocycles. The van der Waals surface area contributed by atoms with Crippen molar-refractivity contribution in [3.05, 3.63) is 84.6 Å². The van der Waals surface area contributed by atoms with Crippen LogP contribution in [-0.4, -0.2) is 37.0 Å². The Morgan fingerprint density at radius 2 is 0.433 bits per heavy atom. The van der Waals surface area contributed by atoms with Crippen LogP contribution in [0.5, 0.6) is 0 Å². The minimum Gasteiger partial charge on any atom is -0.0654 e. The van der Waals surface area contributed by atoms with Gasteiger partial charge >= 0.3 is 0 Å². The minimum atomic E-state index is -0.0222. The van der Waals surface area contributed by atoms with Gasteiger partial charge < -0.3 is 0 Å². The van der Waals surface area contributed by atoms with Gasteiger partial charge in [-0.05, 0) is 114 Å². The fraction of sp³-hybridized carbons (Fsp3) is 0.750. The number of unbranched alkanes of at least 4 members (excludes halogenated alkanes) is 30. The van der Waals surface area contributed by atoms with Crippen LogP contribution >= 0.6 is 15.8 Å². The Kier molecular flexibility index (Phi) is 66.3. The van der Waals surface area contributed by atoms with E-state index in [1.165, 1.54) is 193 Å². The molecule has 388 valence electrons. The summed E-state index contributed by atoms with van der Waals surface area (Å²) >= 11 is 0. The van der Waals surface area contributed by atoms with Gasteiger partial charge in [-0.2, -0.15) is 0 Å². The molecule has 0 unspecified atom stereocenters. The van der Waals surface area contributed by atoms with Gasteiger partial charge in [0.05, 0.1) is 37.0 Å². The molecule has 0 saturated carbocycles. The maximum absolute atomic E-state index is 6.69. The van der Waals surface area contributed by atoms with Crippen molar-refractivity contribution in [3.63, 3.8) is 0 Å². The molecule has 0 bridgehead atoms. The van der Waals surface area contributed by atoms with Crippen LogP contribution in [0.1, 0.15) is 284 Å². The summed E-state index contributed by atoms with van der Waals surface area (Å²) in [7, 11) is -0.0444. The van der Waals surface area contributed by atoms with Gasteiger partial charge in [-0.3, -0.25) is 0 Å². The normalized spacial score (nSPS) is 10.5. The first-order valence-corrected chi connectivity index (χ1v) is 33.4. The summed E-state index contributed by atoms with van der Waals surface area (Å²) in [5, 5.41) is 0. The van der Waals surface area contributed by atoms with Crippen molar-refractivity contribution in [2.75, 3.05) is 37.0 Å². The maximum Gasteiger partial charge on any atom is 0.0571 e. The molecule has 2 aromatic rings. The molecule has 2 rings (SSSR count). The first-order chi connectivity index (χ1) is 32.6. The molecule has 3 heteroatoms. The van der Waals surface area contributed by atoms with Gasteiger partial charge in [0.1, 0.15) is 0 Å². The zero-order valence-electron chi connectivity index (χ0n) is 45.8. The molecule has 67 heavy (non-hydrogen) atoms. The summed E-state index contributed by atoms with van der Waals surface area (Å²) in [5.41, 5.74) is 1.65. The van der Waals surface area contributed by atoms with Crippen LogP contribution in [0.2, 0.25) is 0 Å². The second-order valence-corrected chi connectivity index (χ2v) is 25.6.